The largest absolute Gasteiger partial charge is 0.493 e. The van der Waals surface area contributed by atoms with E-state index in [1.807, 2.05) is 37.3 Å². The van der Waals surface area contributed by atoms with Gasteiger partial charge in [-0.25, -0.2) is 4.79 Å². The van der Waals surface area contributed by atoms with Crippen molar-refractivity contribution in [1.82, 2.24) is 0 Å². The van der Waals surface area contributed by atoms with Crippen molar-refractivity contribution in [1.29, 1.82) is 0 Å². The molecule has 0 radical (unpaired) electrons. The second-order valence-corrected chi connectivity index (χ2v) is 4.53. The van der Waals surface area contributed by atoms with Crippen LogP contribution in [0.1, 0.15) is 28.9 Å². The Kier molecular flexibility index (Phi) is 4.82. The average Bonchev–Trinajstić information content (AvgIpc) is 2.55. The first kappa shape index (κ1) is 14.9. The zero-order valence-corrected chi connectivity index (χ0v) is 12.3. The van der Waals surface area contributed by atoms with Crippen molar-refractivity contribution in [2.75, 3.05) is 14.2 Å². The molecule has 110 valence electrons. The minimum absolute atomic E-state index is 0.121. The predicted molar refractivity (Wildman–Crippen MR) is 79.8 cm³/mol. The van der Waals surface area contributed by atoms with Gasteiger partial charge in [-0.05, 0) is 30.7 Å². The molecule has 0 aromatic heterocycles. The van der Waals surface area contributed by atoms with Crippen molar-refractivity contribution in [2.45, 2.75) is 13.0 Å². The second kappa shape index (κ2) is 6.79. The minimum atomic E-state index is -0.407. The van der Waals surface area contributed by atoms with Crippen molar-refractivity contribution < 1.29 is 19.0 Å². The van der Waals surface area contributed by atoms with E-state index in [2.05, 4.69) is 0 Å². The molecule has 0 N–H and O–H groups in total. The van der Waals surface area contributed by atoms with Gasteiger partial charge in [-0.2, -0.15) is 0 Å². The SMILES string of the molecule is COC(=O)c1ccc(OC(C)c2ccccc2)c(OC)c1. The van der Waals surface area contributed by atoms with E-state index < -0.39 is 5.97 Å². The molecule has 0 spiro atoms. The number of rotatable bonds is 5. The molecular formula is C17H18O4. The van der Waals surface area contributed by atoms with E-state index in [1.54, 1.807) is 18.2 Å². The smallest absolute Gasteiger partial charge is 0.337 e. The highest BCUT2D eigenvalue weighted by Gasteiger charge is 2.14. The first-order valence-electron chi connectivity index (χ1n) is 6.63. The molecule has 0 bridgehead atoms. The van der Waals surface area contributed by atoms with Gasteiger partial charge in [0.1, 0.15) is 6.10 Å². The van der Waals surface area contributed by atoms with E-state index in [9.17, 15) is 4.79 Å². The summed E-state index contributed by atoms with van der Waals surface area (Å²) < 4.78 is 15.9. The summed E-state index contributed by atoms with van der Waals surface area (Å²) in [6.07, 6.45) is -0.121. The van der Waals surface area contributed by atoms with Gasteiger partial charge in [0.15, 0.2) is 11.5 Å². The summed E-state index contributed by atoms with van der Waals surface area (Å²) in [6, 6.07) is 14.9. The van der Waals surface area contributed by atoms with Crippen molar-refractivity contribution in [2.24, 2.45) is 0 Å². The van der Waals surface area contributed by atoms with Gasteiger partial charge in [0.25, 0.3) is 0 Å². The van der Waals surface area contributed by atoms with Gasteiger partial charge in [-0.15, -0.1) is 0 Å². The molecule has 0 heterocycles. The lowest BCUT2D eigenvalue weighted by Gasteiger charge is -2.17. The van der Waals surface area contributed by atoms with E-state index in [-0.39, 0.29) is 6.10 Å². The molecule has 0 fully saturated rings. The zero-order chi connectivity index (χ0) is 15.2. The van der Waals surface area contributed by atoms with Crippen molar-refractivity contribution in [3.05, 3.63) is 59.7 Å². The Labute approximate surface area is 124 Å². The maximum absolute atomic E-state index is 11.5. The van der Waals surface area contributed by atoms with Crippen LogP contribution in [0.4, 0.5) is 0 Å². The topological polar surface area (TPSA) is 44.8 Å². The third kappa shape index (κ3) is 3.54. The molecule has 0 aliphatic rings. The van der Waals surface area contributed by atoms with E-state index in [1.165, 1.54) is 14.2 Å². The van der Waals surface area contributed by atoms with E-state index in [0.29, 0.717) is 17.1 Å². The first-order chi connectivity index (χ1) is 10.2. The van der Waals surface area contributed by atoms with Crippen molar-refractivity contribution >= 4 is 5.97 Å². The lowest BCUT2D eigenvalue weighted by atomic mass is 10.1. The molecule has 2 aromatic rings. The number of esters is 1. The molecule has 0 saturated heterocycles. The van der Waals surface area contributed by atoms with Gasteiger partial charge in [0, 0.05) is 0 Å². The van der Waals surface area contributed by atoms with Gasteiger partial charge in [0.2, 0.25) is 0 Å². The predicted octanol–water partition coefficient (Wildman–Crippen LogP) is 3.62. The number of methoxy groups -OCH3 is 2. The molecule has 4 nitrogen and oxygen atoms in total. The van der Waals surface area contributed by atoms with E-state index in [4.69, 9.17) is 14.2 Å². The van der Waals surface area contributed by atoms with Crippen LogP contribution in [0.5, 0.6) is 11.5 Å². The quantitative estimate of drug-likeness (QED) is 0.787. The van der Waals surface area contributed by atoms with Crippen LogP contribution in [-0.2, 0) is 4.74 Å². The number of carbonyl (C=O) groups excluding carboxylic acids is 1. The van der Waals surface area contributed by atoms with Crippen LogP contribution in [0.2, 0.25) is 0 Å². The highest BCUT2D eigenvalue weighted by atomic mass is 16.5. The number of hydrogen-bond donors (Lipinski definition) is 0. The van der Waals surface area contributed by atoms with Crippen LogP contribution >= 0.6 is 0 Å². The summed E-state index contributed by atoms with van der Waals surface area (Å²) >= 11 is 0. The Morgan fingerprint density at radius 3 is 2.33 bits per heavy atom. The summed E-state index contributed by atoms with van der Waals surface area (Å²) in [5, 5.41) is 0. The third-order valence-corrected chi connectivity index (χ3v) is 3.16. The van der Waals surface area contributed by atoms with Crippen molar-refractivity contribution in [3.8, 4) is 11.5 Å². The lowest BCUT2D eigenvalue weighted by Crippen LogP contribution is -2.06. The van der Waals surface area contributed by atoms with Gasteiger partial charge < -0.3 is 14.2 Å². The lowest BCUT2D eigenvalue weighted by molar-refractivity contribution is 0.0600. The van der Waals surface area contributed by atoms with Crippen LogP contribution in [0, 0.1) is 0 Å². The Balaban J connectivity index is 2.22. The maximum Gasteiger partial charge on any atom is 0.337 e. The highest BCUT2D eigenvalue weighted by Crippen LogP contribution is 2.32. The fourth-order valence-electron chi connectivity index (χ4n) is 1.99. The summed E-state index contributed by atoms with van der Waals surface area (Å²) in [5.41, 5.74) is 1.49. The number of ether oxygens (including phenoxy) is 3. The zero-order valence-electron chi connectivity index (χ0n) is 12.3. The number of carbonyl (C=O) groups is 1. The first-order valence-corrected chi connectivity index (χ1v) is 6.63. The molecule has 2 aromatic carbocycles. The van der Waals surface area contributed by atoms with Crippen LogP contribution in [-0.4, -0.2) is 20.2 Å². The molecule has 21 heavy (non-hydrogen) atoms. The Bertz CT molecular complexity index is 607. The van der Waals surface area contributed by atoms with Crippen LogP contribution in [0.15, 0.2) is 48.5 Å². The highest BCUT2D eigenvalue weighted by molar-refractivity contribution is 5.90. The standard InChI is InChI=1S/C17H18O4/c1-12(13-7-5-4-6-8-13)21-15-10-9-14(17(18)20-3)11-16(15)19-2/h4-12H,1-3H3. The number of hydrogen-bond acceptors (Lipinski definition) is 4. The summed E-state index contributed by atoms with van der Waals surface area (Å²) in [6.45, 7) is 1.96. The molecule has 0 aliphatic heterocycles. The molecular weight excluding hydrogens is 268 g/mol. The Morgan fingerprint density at radius 2 is 1.71 bits per heavy atom. The van der Waals surface area contributed by atoms with Crippen molar-refractivity contribution in [3.63, 3.8) is 0 Å². The minimum Gasteiger partial charge on any atom is -0.493 e. The second-order valence-electron chi connectivity index (χ2n) is 4.53. The van der Waals surface area contributed by atoms with Crippen LogP contribution in [0.25, 0.3) is 0 Å². The monoisotopic (exact) mass is 286 g/mol. The van der Waals surface area contributed by atoms with Gasteiger partial charge in [-0.1, -0.05) is 30.3 Å². The Hall–Kier alpha value is -2.49. The Morgan fingerprint density at radius 1 is 1.00 bits per heavy atom. The summed E-state index contributed by atoms with van der Waals surface area (Å²) in [4.78, 5) is 11.5. The van der Waals surface area contributed by atoms with Crippen LogP contribution < -0.4 is 9.47 Å². The molecule has 0 amide bonds. The number of benzene rings is 2. The van der Waals surface area contributed by atoms with Gasteiger partial charge in [0.05, 0.1) is 19.8 Å². The van der Waals surface area contributed by atoms with Crippen LogP contribution in [0.3, 0.4) is 0 Å². The van der Waals surface area contributed by atoms with E-state index >= 15 is 0 Å². The van der Waals surface area contributed by atoms with Gasteiger partial charge >= 0.3 is 5.97 Å². The fourth-order valence-corrected chi connectivity index (χ4v) is 1.99. The molecule has 4 heteroatoms. The molecule has 0 saturated carbocycles. The maximum atomic E-state index is 11.5. The molecule has 1 unspecified atom stereocenters. The summed E-state index contributed by atoms with van der Waals surface area (Å²) in [5.74, 6) is 0.679. The molecule has 1 atom stereocenters. The molecule has 0 aliphatic carbocycles. The fraction of sp³-hybridized carbons (Fsp3) is 0.235. The third-order valence-electron chi connectivity index (χ3n) is 3.16. The van der Waals surface area contributed by atoms with E-state index in [0.717, 1.165) is 5.56 Å². The van der Waals surface area contributed by atoms with Gasteiger partial charge in [-0.3, -0.25) is 0 Å². The normalized spacial score (nSPS) is 11.6. The molecule has 2 rings (SSSR count). The average molecular weight is 286 g/mol. The summed E-state index contributed by atoms with van der Waals surface area (Å²) in [7, 11) is 2.88.